The number of hydrogen-bond donors (Lipinski definition) is 0. The summed E-state index contributed by atoms with van der Waals surface area (Å²) in [4.78, 5) is 9.85. The zero-order valence-corrected chi connectivity index (χ0v) is 6.06. The van der Waals surface area contributed by atoms with Gasteiger partial charge in [-0.2, -0.15) is 0 Å². The van der Waals surface area contributed by atoms with Gasteiger partial charge in [0, 0.05) is 0 Å². The lowest BCUT2D eigenvalue weighted by atomic mass is 10.1. The third-order valence-electron chi connectivity index (χ3n) is 1.23. The fourth-order valence-corrected chi connectivity index (χ4v) is 0.539. The van der Waals surface area contributed by atoms with Gasteiger partial charge in [-0.1, -0.05) is 6.08 Å². The average molecular weight is 142 g/mol. The highest BCUT2D eigenvalue weighted by Crippen LogP contribution is 2.09. The molecule has 10 heavy (non-hydrogen) atoms. The summed E-state index contributed by atoms with van der Waals surface area (Å²) in [5.74, 6) is -0.651. The van der Waals surface area contributed by atoms with Crippen LogP contribution in [0.3, 0.4) is 0 Å². The normalized spacial score (nSPS) is 12.2. The van der Waals surface area contributed by atoms with E-state index in [1.807, 2.05) is 0 Å². The van der Waals surface area contributed by atoms with E-state index in [2.05, 4.69) is 6.58 Å². The van der Waals surface area contributed by atoms with Gasteiger partial charge in [-0.25, -0.2) is 4.39 Å². The van der Waals surface area contributed by atoms with Gasteiger partial charge in [0.25, 0.3) is 0 Å². The molecule has 0 unspecified atom stereocenters. The van der Waals surface area contributed by atoms with E-state index in [9.17, 15) is 9.18 Å². The molecule has 0 aromatic carbocycles. The van der Waals surface area contributed by atoms with Crippen molar-refractivity contribution in [3.8, 4) is 0 Å². The third-order valence-corrected chi connectivity index (χ3v) is 1.23. The molecule has 0 heterocycles. The Morgan fingerprint density at radius 3 is 2.70 bits per heavy atom. The van der Waals surface area contributed by atoms with Crippen molar-refractivity contribution in [2.45, 2.75) is 19.8 Å². The van der Waals surface area contributed by atoms with E-state index >= 15 is 0 Å². The van der Waals surface area contributed by atoms with Crippen LogP contribution in [-0.2, 0) is 4.79 Å². The van der Waals surface area contributed by atoms with Crippen LogP contribution in [0.4, 0.5) is 4.39 Å². The van der Waals surface area contributed by atoms with Crippen LogP contribution in [0, 0.1) is 0 Å². The van der Waals surface area contributed by atoms with Crippen molar-refractivity contribution in [3.05, 3.63) is 24.1 Å². The van der Waals surface area contributed by atoms with E-state index in [1.165, 1.54) is 0 Å². The molecule has 0 aromatic rings. The lowest BCUT2D eigenvalue weighted by Crippen LogP contribution is -1.83. The molecule has 2 heteroatoms. The molecule has 0 rings (SSSR count). The highest BCUT2D eigenvalue weighted by molar-refractivity contribution is 5.70. The van der Waals surface area contributed by atoms with Gasteiger partial charge in [-0.05, 0) is 25.3 Å². The van der Waals surface area contributed by atoms with Gasteiger partial charge in [0.2, 0.25) is 0 Å². The fourth-order valence-electron chi connectivity index (χ4n) is 0.539. The first-order valence-electron chi connectivity index (χ1n) is 3.13. The van der Waals surface area contributed by atoms with Gasteiger partial charge in [0.1, 0.15) is 0 Å². The molecule has 0 atom stereocenters. The Bertz CT molecular complexity index is 159. The molecule has 0 bridgehead atoms. The topological polar surface area (TPSA) is 17.1 Å². The number of carbonyl (C=O) groups is 1. The van der Waals surface area contributed by atoms with Crippen molar-refractivity contribution in [2.24, 2.45) is 0 Å². The van der Waals surface area contributed by atoms with Gasteiger partial charge in [-0.3, -0.25) is 4.79 Å². The maximum atomic E-state index is 12.3. The van der Waals surface area contributed by atoms with Gasteiger partial charge in [0.05, 0.1) is 0 Å². The molecule has 0 N–H and O–H groups in total. The van der Waals surface area contributed by atoms with E-state index < -0.39 is 5.83 Å². The number of halogens is 1. The maximum Gasteiger partial charge on any atom is 0.178 e. The summed E-state index contributed by atoms with van der Waals surface area (Å²) in [6, 6.07) is 0. The first-order chi connectivity index (χ1) is 4.72. The highest BCUT2D eigenvalue weighted by Gasteiger charge is 1.96. The molecule has 0 aliphatic carbocycles. The molecule has 0 aromatic heterocycles. The van der Waals surface area contributed by atoms with E-state index in [1.54, 1.807) is 13.0 Å². The summed E-state index contributed by atoms with van der Waals surface area (Å²) in [5, 5.41) is 0. The first kappa shape index (κ1) is 9.08. The molecule has 0 amide bonds. The Morgan fingerprint density at radius 1 is 1.70 bits per heavy atom. The zero-order chi connectivity index (χ0) is 7.98. The molecule has 56 valence electrons. The second-order valence-electron chi connectivity index (χ2n) is 2.07. The minimum atomic E-state index is -0.651. The molecule has 0 fully saturated rings. The average Bonchev–Trinajstić information content (AvgIpc) is 1.98. The molecule has 0 aliphatic rings. The van der Waals surface area contributed by atoms with Crippen LogP contribution < -0.4 is 0 Å². The number of hydrogen-bond acceptors (Lipinski definition) is 1. The summed E-state index contributed by atoms with van der Waals surface area (Å²) >= 11 is 0. The van der Waals surface area contributed by atoms with Crippen LogP contribution in [-0.4, -0.2) is 6.29 Å². The molecular formula is C8H11FO. The van der Waals surface area contributed by atoms with Crippen LogP contribution in [0.1, 0.15) is 19.8 Å². The number of carbonyl (C=O) groups excluding carboxylic acids is 1. The molecule has 0 spiro atoms. The third kappa shape index (κ3) is 3.17. The number of rotatable bonds is 4. The smallest absolute Gasteiger partial charge is 0.178 e. The molecular weight excluding hydrogens is 131 g/mol. The summed E-state index contributed by atoms with van der Waals surface area (Å²) in [5.41, 5.74) is 0.495. The van der Waals surface area contributed by atoms with Crippen LogP contribution in [0.2, 0.25) is 0 Å². The summed E-state index contributed by atoms with van der Waals surface area (Å²) in [6.45, 7) is 5.09. The summed E-state index contributed by atoms with van der Waals surface area (Å²) in [6.07, 6.45) is 3.22. The van der Waals surface area contributed by atoms with Crippen molar-refractivity contribution in [1.82, 2.24) is 0 Å². The second kappa shape index (κ2) is 4.91. The molecule has 0 saturated carbocycles. The van der Waals surface area contributed by atoms with Crippen molar-refractivity contribution >= 4 is 6.29 Å². The van der Waals surface area contributed by atoms with E-state index in [4.69, 9.17) is 0 Å². The van der Waals surface area contributed by atoms with E-state index in [0.29, 0.717) is 18.4 Å². The van der Waals surface area contributed by atoms with Crippen LogP contribution >= 0.6 is 0 Å². The minimum Gasteiger partial charge on any atom is -0.295 e. The Labute approximate surface area is 60.2 Å². The van der Waals surface area contributed by atoms with Crippen molar-refractivity contribution < 1.29 is 9.18 Å². The predicted molar refractivity (Wildman–Crippen MR) is 39.3 cm³/mol. The van der Waals surface area contributed by atoms with Crippen LogP contribution in [0.5, 0.6) is 0 Å². The van der Waals surface area contributed by atoms with E-state index in [-0.39, 0.29) is 6.29 Å². The maximum absolute atomic E-state index is 12.3. The SMILES string of the molecule is C=CCC/C(C)=C(\F)C=O. The van der Waals surface area contributed by atoms with Gasteiger partial charge in [0.15, 0.2) is 12.1 Å². The van der Waals surface area contributed by atoms with Crippen molar-refractivity contribution in [3.63, 3.8) is 0 Å². The largest absolute Gasteiger partial charge is 0.295 e. The monoisotopic (exact) mass is 142 g/mol. The highest BCUT2D eigenvalue weighted by atomic mass is 19.1. The number of aldehydes is 1. The van der Waals surface area contributed by atoms with E-state index in [0.717, 1.165) is 0 Å². The molecule has 0 aliphatic heterocycles. The number of allylic oxidation sites excluding steroid dienone is 3. The van der Waals surface area contributed by atoms with Crippen LogP contribution in [0.15, 0.2) is 24.1 Å². The molecule has 1 nitrogen and oxygen atoms in total. The van der Waals surface area contributed by atoms with Crippen LogP contribution in [0.25, 0.3) is 0 Å². The zero-order valence-electron chi connectivity index (χ0n) is 6.06. The Morgan fingerprint density at radius 2 is 2.30 bits per heavy atom. The molecule has 0 saturated heterocycles. The molecule has 0 radical (unpaired) electrons. The van der Waals surface area contributed by atoms with Gasteiger partial charge in [-0.15, -0.1) is 6.58 Å². The fraction of sp³-hybridized carbons (Fsp3) is 0.375. The minimum absolute atomic E-state index is 0.235. The lowest BCUT2D eigenvalue weighted by molar-refractivity contribution is -0.106. The standard InChI is InChI=1S/C8H11FO/c1-3-4-5-7(2)8(9)6-10/h3,6H,1,4-5H2,2H3/b8-7-. The first-order valence-corrected chi connectivity index (χ1v) is 3.13. The Kier molecular flexibility index (Phi) is 4.46. The Hall–Kier alpha value is -0.920. The second-order valence-corrected chi connectivity index (χ2v) is 2.07. The predicted octanol–water partition coefficient (Wildman–Crippen LogP) is 2.40. The summed E-state index contributed by atoms with van der Waals surface area (Å²) in [7, 11) is 0. The Balaban J connectivity index is 3.90. The summed E-state index contributed by atoms with van der Waals surface area (Å²) < 4.78 is 12.3. The van der Waals surface area contributed by atoms with Gasteiger partial charge < -0.3 is 0 Å². The quantitative estimate of drug-likeness (QED) is 0.334. The van der Waals surface area contributed by atoms with Gasteiger partial charge >= 0.3 is 0 Å². The van der Waals surface area contributed by atoms with Crippen molar-refractivity contribution in [1.29, 1.82) is 0 Å². The lowest BCUT2D eigenvalue weighted by Gasteiger charge is -1.94. The van der Waals surface area contributed by atoms with Crippen molar-refractivity contribution in [2.75, 3.05) is 0 Å².